The molecule has 0 radical (unpaired) electrons. The van der Waals surface area contributed by atoms with Crippen LogP contribution in [0.1, 0.15) is 18.2 Å². The molecule has 0 bridgehead atoms. The summed E-state index contributed by atoms with van der Waals surface area (Å²) >= 11 is 0. The minimum absolute atomic E-state index is 0.125. The second kappa shape index (κ2) is 3.54. The van der Waals surface area contributed by atoms with Crippen molar-refractivity contribution in [1.82, 2.24) is 14.5 Å². The van der Waals surface area contributed by atoms with Crippen molar-refractivity contribution in [3.05, 3.63) is 11.3 Å². The van der Waals surface area contributed by atoms with Crippen LogP contribution in [0.5, 0.6) is 0 Å². The average Bonchev–Trinajstić information content (AvgIpc) is 2.64. The van der Waals surface area contributed by atoms with Crippen molar-refractivity contribution >= 4 is 21.9 Å². The van der Waals surface area contributed by atoms with E-state index in [1.165, 1.54) is 6.92 Å². The van der Waals surface area contributed by atoms with Gasteiger partial charge < -0.3 is 5.32 Å². The van der Waals surface area contributed by atoms with Gasteiger partial charge in [0.15, 0.2) is 0 Å². The molecule has 0 saturated carbocycles. The van der Waals surface area contributed by atoms with Crippen molar-refractivity contribution in [3.63, 3.8) is 0 Å². The maximum Gasteiger partial charge on any atom is 0.277 e. The molecule has 2 rings (SSSR count). The molecular weight excluding hydrogens is 234 g/mol. The number of carbonyl (C=O) groups is 1. The number of carbonyl (C=O) groups excluding carboxylic acids is 1. The Labute approximate surface area is 92.0 Å². The highest BCUT2D eigenvalue weighted by Gasteiger charge is 2.31. The lowest BCUT2D eigenvalue weighted by atomic mass is 10.3. The molecule has 88 valence electrons. The van der Waals surface area contributed by atoms with Gasteiger partial charge in [-0.05, 0) is 0 Å². The molecule has 1 aromatic rings. The van der Waals surface area contributed by atoms with Crippen LogP contribution in [0.15, 0.2) is 0 Å². The summed E-state index contributed by atoms with van der Waals surface area (Å²) in [6, 6.07) is 0. The SMILES string of the molecule is CC(=O)Nc1[nH]nc2c1CN(S(N)(=O)=O)C2. The van der Waals surface area contributed by atoms with Gasteiger partial charge in [0, 0.05) is 19.0 Å². The third-order valence-corrected chi connectivity index (χ3v) is 3.25. The monoisotopic (exact) mass is 245 g/mol. The Balaban J connectivity index is 2.26. The lowest BCUT2D eigenvalue weighted by Crippen LogP contribution is -2.32. The molecule has 0 atom stereocenters. The van der Waals surface area contributed by atoms with E-state index in [0.717, 1.165) is 4.31 Å². The Kier molecular flexibility index (Phi) is 2.45. The van der Waals surface area contributed by atoms with Gasteiger partial charge in [-0.25, -0.2) is 5.14 Å². The molecule has 0 spiro atoms. The molecule has 2 heterocycles. The number of hydrogen-bond donors (Lipinski definition) is 3. The molecule has 9 heteroatoms. The predicted molar refractivity (Wildman–Crippen MR) is 55.2 cm³/mol. The van der Waals surface area contributed by atoms with Gasteiger partial charge in [0.05, 0.1) is 12.2 Å². The molecule has 4 N–H and O–H groups in total. The lowest BCUT2D eigenvalue weighted by molar-refractivity contribution is -0.114. The lowest BCUT2D eigenvalue weighted by Gasteiger charge is -2.11. The van der Waals surface area contributed by atoms with Crippen LogP contribution in [0.3, 0.4) is 0 Å². The number of aromatic amines is 1. The van der Waals surface area contributed by atoms with E-state index in [0.29, 0.717) is 17.1 Å². The Morgan fingerprint density at radius 2 is 2.25 bits per heavy atom. The van der Waals surface area contributed by atoms with Gasteiger partial charge in [-0.15, -0.1) is 0 Å². The van der Waals surface area contributed by atoms with Crippen molar-refractivity contribution in [1.29, 1.82) is 0 Å². The predicted octanol–water partition coefficient (Wildman–Crippen LogP) is -1.11. The van der Waals surface area contributed by atoms with E-state index in [-0.39, 0.29) is 19.0 Å². The van der Waals surface area contributed by atoms with E-state index < -0.39 is 10.2 Å². The first-order valence-corrected chi connectivity index (χ1v) is 6.00. The van der Waals surface area contributed by atoms with Crippen LogP contribution in [-0.2, 0) is 28.1 Å². The first-order chi connectivity index (χ1) is 7.38. The highest BCUT2D eigenvalue weighted by molar-refractivity contribution is 7.86. The number of nitrogens with one attached hydrogen (secondary N) is 2. The molecular formula is C7H11N5O3S. The number of H-pyrrole nitrogens is 1. The number of aromatic nitrogens is 2. The average molecular weight is 245 g/mol. The third-order valence-electron chi connectivity index (χ3n) is 2.27. The molecule has 1 aromatic heterocycles. The molecule has 0 aromatic carbocycles. The standard InChI is InChI=1S/C7H11N5O3S/c1-4(13)9-7-5-2-12(16(8,14)15)3-6(5)10-11-7/h2-3H2,1H3,(H2,8,14,15)(H2,9,10,11,13). The Morgan fingerprint density at radius 1 is 1.56 bits per heavy atom. The zero-order valence-corrected chi connectivity index (χ0v) is 9.34. The summed E-state index contributed by atoms with van der Waals surface area (Å²) < 4.78 is 23.3. The highest BCUT2D eigenvalue weighted by Crippen LogP contribution is 2.27. The number of hydrogen-bond acceptors (Lipinski definition) is 4. The van der Waals surface area contributed by atoms with Crippen molar-refractivity contribution in [3.8, 4) is 0 Å². The molecule has 0 saturated heterocycles. The molecule has 16 heavy (non-hydrogen) atoms. The number of rotatable bonds is 2. The Morgan fingerprint density at radius 3 is 2.81 bits per heavy atom. The second-order valence-corrected chi connectivity index (χ2v) is 5.06. The first kappa shape index (κ1) is 11.0. The maximum atomic E-state index is 11.1. The van der Waals surface area contributed by atoms with E-state index in [2.05, 4.69) is 15.5 Å². The van der Waals surface area contributed by atoms with Crippen molar-refractivity contribution in [2.45, 2.75) is 20.0 Å². The van der Waals surface area contributed by atoms with Gasteiger partial charge in [-0.1, -0.05) is 0 Å². The quantitative estimate of drug-likeness (QED) is 0.611. The van der Waals surface area contributed by atoms with Gasteiger partial charge in [-0.2, -0.15) is 17.8 Å². The zero-order chi connectivity index (χ0) is 11.9. The summed E-state index contributed by atoms with van der Waals surface area (Å²) in [4.78, 5) is 10.9. The largest absolute Gasteiger partial charge is 0.311 e. The van der Waals surface area contributed by atoms with Crippen LogP contribution in [-0.4, -0.2) is 28.8 Å². The molecule has 8 nitrogen and oxygen atoms in total. The van der Waals surface area contributed by atoms with Crippen LogP contribution in [0, 0.1) is 0 Å². The topological polar surface area (TPSA) is 121 Å². The second-order valence-electron chi connectivity index (χ2n) is 3.52. The van der Waals surface area contributed by atoms with Gasteiger partial charge in [-0.3, -0.25) is 9.89 Å². The van der Waals surface area contributed by atoms with Gasteiger partial charge >= 0.3 is 0 Å². The molecule has 1 aliphatic rings. The fourth-order valence-electron chi connectivity index (χ4n) is 1.56. The van der Waals surface area contributed by atoms with Crippen LogP contribution >= 0.6 is 0 Å². The van der Waals surface area contributed by atoms with Crippen LogP contribution in [0.4, 0.5) is 5.82 Å². The van der Waals surface area contributed by atoms with Crippen LogP contribution in [0.25, 0.3) is 0 Å². The highest BCUT2D eigenvalue weighted by atomic mass is 32.2. The summed E-state index contributed by atoms with van der Waals surface area (Å²) in [5.74, 6) is 0.175. The van der Waals surface area contributed by atoms with E-state index >= 15 is 0 Å². The Hall–Kier alpha value is -1.45. The summed E-state index contributed by atoms with van der Waals surface area (Å²) in [6.07, 6.45) is 0. The van der Waals surface area contributed by atoms with Gasteiger partial charge in [0.25, 0.3) is 10.2 Å². The number of anilines is 1. The summed E-state index contributed by atoms with van der Waals surface area (Å²) in [5, 5.41) is 14.1. The van der Waals surface area contributed by atoms with Crippen LogP contribution < -0.4 is 10.5 Å². The number of fused-ring (bicyclic) bond motifs is 1. The van der Waals surface area contributed by atoms with Gasteiger partial charge in [0.1, 0.15) is 5.82 Å². The number of amides is 1. The number of nitrogens with two attached hydrogens (primary N) is 1. The fraction of sp³-hybridized carbons (Fsp3) is 0.429. The molecule has 1 aliphatic heterocycles. The van der Waals surface area contributed by atoms with Crippen molar-refractivity contribution < 1.29 is 13.2 Å². The summed E-state index contributed by atoms with van der Waals surface area (Å²) in [7, 11) is -3.72. The molecule has 0 unspecified atom stereocenters. The third kappa shape index (κ3) is 1.92. The van der Waals surface area contributed by atoms with Crippen LogP contribution in [0.2, 0.25) is 0 Å². The number of nitrogens with zero attached hydrogens (tertiary/aromatic N) is 2. The Bertz CT molecular complexity index is 534. The summed E-state index contributed by atoms with van der Waals surface area (Å²) in [6.45, 7) is 1.62. The molecule has 0 fully saturated rings. The normalized spacial score (nSPS) is 16.1. The maximum absolute atomic E-state index is 11.1. The summed E-state index contributed by atoms with van der Waals surface area (Å²) in [5.41, 5.74) is 1.24. The minimum atomic E-state index is -3.72. The van der Waals surface area contributed by atoms with E-state index in [1.807, 2.05) is 0 Å². The van der Waals surface area contributed by atoms with E-state index in [4.69, 9.17) is 5.14 Å². The first-order valence-electron chi connectivity index (χ1n) is 4.49. The minimum Gasteiger partial charge on any atom is -0.311 e. The molecule has 0 aliphatic carbocycles. The molecule has 1 amide bonds. The van der Waals surface area contributed by atoms with E-state index in [1.54, 1.807) is 0 Å². The van der Waals surface area contributed by atoms with E-state index in [9.17, 15) is 13.2 Å². The van der Waals surface area contributed by atoms with Crippen molar-refractivity contribution in [2.75, 3.05) is 5.32 Å². The van der Waals surface area contributed by atoms with Crippen molar-refractivity contribution in [2.24, 2.45) is 5.14 Å². The van der Waals surface area contributed by atoms with Gasteiger partial charge in [0.2, 0.25) is 5.91 Å². The zero-order valence-electron chi connectivity index (χ0n) is 8.52. The fourth-order valence-corrected chi connectivity index (χ4v) is 2.17. The smallest absolute Gasteiger partial charge is 0.277 e.